The number of ether oxygens (including phenoxy) is 1. The number of carbonyl (C=O) groups excluding carboxylic acids is 1. The molecule has 2 heterocycles. The van der Waals surface area contributed by atoms with Gasteiger partial charge in [0, 0.05) is 30.9 Å². The maximum atomic E-state index is 13.4. The fourth-order valence-corrected chi connectivity index (χ4v) is 4.36. The second kappa shape index (κ2) is 8.97. The summed E-state index contributed by atoms with van der Waals surface area (Å²) in [5.41, 5.74) is 0.858. The van der Waals surface area contributed by atoms with E-state index in [0.29, 0.717) is 12.0 Å². The van der Waals surface area contributed by atoms with Crippen LogP contribution in [-0.4, -0.2) is 36.8 Å². The highest BCUT2D eigenvalue weighted by molar-refractivity contribution is 7.89. The Morgan fingerprint density at radius 3 is 2.57 bits per heavy atom. The Kier molecular flexibility index (Phi) is 6.58. The average molecular weight is 431 g/mol. The van der Waals surface area contributed by atoms with Gasteiger partial charge in [0.25, 0.3) is 0 Å². The molecule has 7 nitrogen and oxygen atoms in total. The second-order valence-corrected chi connectivity index (χ2v) is 9.99. The first kappa shape index (κ1) is 22.0. The lowest BCUT2D eigenvalue weighted by atomic mass is 9.97. The van der Waals surface area contributed by atoms with E-state index < -0.39 is 15.4 Å². The molecule has 2 aromatic heterocycles. The molecule has 0 saturated carbocycles. The molecule has 0 fully saturated rings. The number of esters is 1. The number of hydrogen-bond acceptors (Lipinski definition) is 6. The third-order valence-electron chi connectivity index (χ3n) is 4.57. The fraction of sp³-hybridized carbons (Fsp3) is 0.364. The van der Waals surface area contributed by atoms with E-state index in [1.807, 2.05) is 0 Å². The molecule has 0 saturated heterocycles. The molecule has 8 heteroatoms. The molecule has 160 valence electrons. The topological polar surface area (TPSA) is 89.7 Å². The Morgan fingerprint density at radius 2 is 1.87 bits per heavy atom. The first-order valence-electron chi connectivity index (χ1n) is 9.71. The monoisotopic (exact) mass is 430 g/mol. The van der Waals surface area contributed by atoms with E-state index >= 15 is 0 Å². The van der Waals surface area contributed by atoms with Crippen LogP contribution in [0.25, 0.3) is 11.0 Å². The van der Waals surface area contributed by atoms with Gasteiger partial charge in [-0.05, 0) is 69.2 Å². The number of carbonyl (C=O) groups is 1. The molecule has 0 amide bonds. The molecular weight excluding hydrogens is 404 g/mol. The van der Waals surface area contributed by atoms with Gasteiger partial charge in [-0.1, -0.05) is 0 Å². The molecule has 3 aromatic rings. The normalized spacial score (nSPS) is 12.4. The van der Waals surface area contributed by atoms with Crippen LogP contribution in [0.2, 0.25) is 0 Å². The van der Waals surface area contributed by atoms with Gasteiger partial charge >= 0.3 is 5.97 Å². The number of furan rings is 1. The molecule has 1 aromatic carbocycles. The zero-order chi connectivity index (χ0) is 21.8. The van der Waals surface area contributed by atoms with E-state index in [-0.39, 0.29) is 30.6 Å². The highest BCUT2D eigenvalue weighted by atomic mass is 32.2. The summed E-state index contributed by atoms with van der Waals surface area (Å²) in [5.74, 6) is -0.309. The van der Waals surface area contributed by atoms with Gasteiger partial charge in [-0.25, -0.2) is 8.42 Å². The molecule has 0 atom stereocenters. The van der Waals surface area contributed by atoms with Crippen LogP contribution in [0.15, 0.2) is 64.4 Å². The van der Waals surface area contributed by atoms with Crippen LogP contribution in [-0.2, 0) is 26.1 Å². The van der Waals surface area contributed by atoms with Crippen molar-refractivity contribution in [1.82, 2.24) is 9.29 Å². The van der Waals surface area contributed by atoms with Crippen molar-refractivity contribution in [2.45, 2.75) is 38.6 Å². The van der Waals surface area contributed by atoms with Crippen molar-refractivity contribution in [2.24, 2.45) is 5.41 Å². The third kappa shape index (κ3) is 5.25. The average Bonchev–Trinajstić information content (AvgIpc) is 3.18. The molecule has 0 aliphatic rings. The van der Waals surface area contributed by atoms with Crippen molar-refractivity contribution in [3.63, 3.8) is 0 Å². The molecule has 30 heavy (non-hydrogen) atoms. The van der Waals surface area contributed by atoms with Crippen molar-refractivity contribution in [2.75, 3.05) is 13.2 Å². The number of sulfonamides is 1. The number of fused-ring (bicyclic) bond motifs is 1. The Balaban J connectivity index is 1.78. The molecule has 3 rings (SSSR count). The number of benzene rings is 1. The molecule has 0 radical (unpaired) electrons. The van der Waals surface area contributed by atoms with Gasteiger partial charge in [-0.2, -0.15) is 4.31 Å². The van der Waals surface area contributed by atoms with E-state index in [2.05, 4.69) is 4.98 Å². The summed E-state index contributed by atoms with van der Waals surface area (Å²) >= 11 is 0. The van der Waals surface area contributed by atoms with Gasteiger partial charge in [0.2, 0.25) is 10.0 Å². The summed E-state index contributed by atoms with van der Waals surface area (Å²) in [6.07, 6.45) is 5.17. The molecule has 0 aliphatic heterocycles. The van der Waals surface area contributed by atoms with Gasteiger partial charge in [0.05, 0.1) is 23.2 Å². The SMILES string of the molecule is CC(C)(C)C(=O)OCCCN(Cc1ccncc1)S(=O)(=O)c1ccc2occc2c1. The zero-order valence-corrected chi connectivity index (χ0v) is 18.2. The highest BCUT2D eigenvalue weighted by Crippen LogP contribution is 2.24. The minimum Gasteiger partial charge on any atom is -0.465 e. The zero-order valence-electron chi connectivity index (χ0n) is 17.4. The first-order chi connectivity index (χ1) is 14.2. The number of aromatic nitrogens is 1. The van der Waals surface area contributed by atoms with Crippen LogP contribution >= 0.6 is 0 Å². The quantitative estimate of drug-likeness (QED) is 0.396. The van der Waals surface area contributed by atoms with Crippen LogP contribution in [0.4, 0.5) is 0 Å². The Morgan fingerprint density at radius 1 is 1.13 bits per heavy atom. The van der Waals surface area contributed by atoms with E-state index in [1.54, 1.807) is 69.6 Å². The van der Waals surface area contributed by atoms with E-state index in [4.69, 9.17) is 9.15 Å². The Hall–Kier alpha value is -2.71. The summed E-state index contributed by atoms with van der Waals surface area (Å²) in [5, 5.41) is 0.721. The smallest absolute Gasteiger partial charge is 0.311 e. The summed E-state index contributed by atoms with van der Waals surface area (Å²) < 4.78 is 38.7. The molecule has 0 bridgehead atoms. The van der Waals surface area contributed by atoms with Crippen LogP contribution < -0.4 is 0 Å². The minimum absolute atomic E-state index is 0.152. The number of pyridine rings is 1. The number of hydrogen-bond donors (Lipinski definition) is 0. The molecular formula is C22H26N2O5S. The van der Waals surface area contributed by atoms with Crippen LogP contribution in [0.1, 0.15) is 32.8 Å². The molecule has 0 spiro atoms. The van der Waals surface area contributed by atoms with Gasteiger partial charge in [0.15, 0.2) is 0 Å². The van der Waals surface area contributed by atoms with Gasteiger partial charge in [-0.15, -0.1) is 0 Å². The number of nitrogens with zero attached hydrogens (tertiary/aromatic N) is 2. The number of rotatable bonds is 8. The van der Waals surface area contributed by atoms with Crippen molar-refractivity contribution in [3.05, 3.63) is 60.6 Å². The third-order valence-corrected chi connectivity index (χ3v) is 6.41. The maximum Gasteiger partial charge on any atom is 0.311 e. The van der Waals surface area contributed by atoms with E-state index in [1.165, 1.54) is 10.6 Å². The van der Waals surface area contributed by atoms with Gasteiger partial charge in [0.1, 0.15) is 5.58 Å². The Labute approximate surface area is 176 Å². The lowest BCUT2D eigenvalue weighted by Crippen LogP contribution is -2.32. The van der Waals surface area contributed by atoms with Crippen molar-refractivity contribution in [1.29, 1.82) is 0 Å². The molecule has 0 N–H and O–H groups in total. The largest absolute Gasteiger partial charge is 0.465 e. The second-order valence-electron chi connectivity index (χ2n) is 8.05. The van der Waals surface area contributed by atoms with Crippen LogP contribution in [0.5, 0.6) is 0 Å². The minimum atomic E-state index is -3.77. The van der Waals surface area contributed by atoms with Crippen LogP contribution in [0, 0.1) is 5.41 Å². The fourth-order valence-electron chi connectivity index (χ4n) is 2.85. The predicted octanol–water partition coefficient (Wildman–Crippen LogP) is 4.00. The molecule has 0 aliphatic carbocycles. The molecule has 0 unspecified atom stereocenters. The van der Waals surface area contributed by atoms with Gasteiger partial charge < -0.3 is 9.15 Å². The first-order valence-corrected chi connectivity index (χ1v) is 11.2. The van der Waals surface area contributed by atoms with E-state index in [0.717, 1.165) is 10.9 Å². The van der Waals surface area contributed by atoms with E-state index in [9.17, 15) is 13.2 Å². The Bertz CT molecular complexity index is 1100. The highest BCUT2D eigenvalue weighted by Gasteiger charge is 2.26. The summed E-state index contributed by atoms with van der Waals surface area (Å²) in [6.45, 7) is 5.90. The lowest BCUT2D eigenvalue weighted by Gasteiger charge is -2.23. The lowest BCUT2D eigenvalue weighted by molar-refractivity contribution is -0.153. The summed E-state index contributed by atoms with van der Waals surface area (Å²) in [7, 11) is -3.77. The summed E-state index contributed by atoms with van der Waals surface area (Å²) in [4.78, 5) is 16.1. The van der Waals surface area contributed by atoms with Crippen molar-refractivity contribution in [3.8, 4) is 0 Å². The van der Waals surface area contributed by atoms with Crippen LogP contribution in [0.3, 0.4) is 0 Å². The van der Waals surface area contributed by atoms with Gasteiger partial charge in [-0.3, -0.25) is 9.78 Å². The summed E-state index contributed by atoms with van der Waals surface area (Å²) in [6, 6.07) is 10.1. The standard InChI is InChI=1S/C22H26N2O5S/c1-22(2,3)21(25)29-13-4-12-24(16-17-7-10-23-11-8-17)30(26,27)19-5-6-20-18(15-19)9-14-28-20/h5-11,14-15H,4,12-13,16H2,1-3H3. The predicted molar refractivity (Wildman–Crippen MR) is 113 cm³/mol. The van der Waals surface area contributed by atoms with Crippen molar-refractivity contribution >= 4 is 27.0 Å². The van der Waals surface area contributed by atoms with Crippen molar-refractivity contribution < 1.29 is 22.4 Å². The maximum absolute atomic E-state index is 13.4.